The Labute approximate surface area is 91.6 Å². The Morgan fingerprint density at radius 1 is 1.00 bits per heavy atom. The topological polar surface area (TPSA) is 40.5 Å². The summed E-state index contributed by atoms with van der Waals surface area (Å²) in [7, 11) is 0. The van der Waals surface area contributed by atoms with E-state index in [4.69, 9.17) is 0 Å². The molecule has 0 unspecified atom stereocenters. The van der Waals surface area contributed by atoms with Crippen LogP contribution in [0.15, 0.2) is 30.3 Å². The lowest BCUT2D eigenvalue weighted by Crippen LogP contribution is -2.43. The van der Waals surface area contributed by atoms with Crippen LogP contribution in [0.3, 0.4) is 0 Å². The molecule has 2 N–H and O–H groups in total. The lowest BCUT2D eigenvalue weighted by molar-refractivity contribution is -0.251. The van der Waals surface area contributed by atoms with E-state index in [0.29, 0.717) is 5.56 Å². The van der Waals surface area contributed by atoms with E-state index in [2.05, 4.69) is 0 Å². The van der Waals surface area contributed by atoms with Gasteiger partial charge >= 0.3 is 0 Å². The molecule has 0 aliphatic heterocycles. The summed E-state index contributed by atoms with van der Waals surface area (Å²) in [5.41, 5.74) is 0.0603. The molecular formula is C13H20O2. The second kappa shape index (κ2) is 4.33. The quantitative estimate of drug-likeness (QED) is 0.747. The second-order valence-corrected chi connectivity index (χ2v) is 4.31. The van der Waals surface area contributed by atoms with Crippen molar-refractivity contribution in [3.8, 4) is 0 Å². The average Bonchev–Trinajstić information content (AvgIpc) is 2.29. The minimum atomic E-state index is -1.75. The standard InChI is InChI=1S/C13H20O2/c1-4-12(3,5-2)13(14,15)11-9-7-6-8-10-11/h6-10,14-15H,4-5H2,1-3H3. The van der Waals surface area contributed by atoms with Gasteiger partial charge in [0.15, 0.2) is 5.79 Å². The number of aliphatic hydroxyl groups is 2. The molecule has 0 atom stereocenters. The fourth-order valence-corrected chi connectivity index (χ4v) is 1.76. The summed E-state index contributed by atoms with van der Waals surface area (Å²) < 4.78 is 0. The minimum absolute atomic E-state index is 0.506. The Bertz CT molecular complexity index is 300. The van der Waals surface area contributed by atoms with E-state index in [1.165, 1.54) is 0 Å². The van der Waals surface area contributed by atoms with E-state index in [0.717, 1.165) is 12.8 Å². The van der Waals surface area contributed by atoms with E-state index in [-0.39, 0.29) is 0 Å². The predicted molar refractivity (Wildman–Crippen MR) is 61.2 cm³/mol. The number of hydrogen-bond donors (Lipinski definition) is 2. The predicted octanol–water partition coefficient (Wildman–Crippen LogP) is 2.65. The average molecular weight is 208 g/mol. The maximum atomic E-state index is 10.3. The SMILES string of the molecule is CCC(C)(CC)C(O)(O)c1ccccc1. The molecule has 0 saturated heterocycles. The van der Waals surface area contributed by atoms with Crippen molar-refractivity contribution in [1.82, 2.24) is 0 Å². The molecule has 0 amide bonds. The van der Waals surface area contributed by atoms with Crippen LogP contribution < -0.4 is 0 Å². The van der Waals surface area contributed by atoms with E-state index >= 15 is 0 Å². The monoisotopic (exact) mass is 208 g/mol. The Kier molecular flexibility index (Phi) is 3.53. The van der Waals surface area contributed by atoms with Crippen LogP contribution in [0.1, 0.15) is 39.2 Å². The highest BCUT2D eigenvalue weighted by atomic mass is 16.5. The van der Waals surface area contributed by atoms with Crippen LogP contribution in [0.5, 0.6) is 0 Å². The highest BCUT2D eigenvalue weighted by Crippen LogP contribution is 2.42. The van der Waals surface area contributed by atoms with Crippen molar-refractivity contribution in [3.63, 3.8) is 0 Å². The van der Waals surface area contributed by atoms with Gasteiger partial charge in [0.25, 0.3) is 0 Å². The van der Waals surface area contributed by atoms with Crippen LogP contribution in [0.2, 0.25) is 0 Å². The van der Waals surface area contributed by atoms with Gasteiger partial charge in [0, 0.05) is 11.0 Å². The molecule has 0 bridgehead atoms. The van der Waals surface area contributed by atoms with Crippen LogP contribution in [-0.4, -0.2) is 10.2 Å². The summed E-state index contributed by atoms with van der Waals surface area (Å²) in [6.07, 6.45) is 1.46. The molecule has 0 fully saturated rings. The largest absolute Gasteiger partial charge is 0.361 e. The van der Waals surface area contributed by atoms with E-state index in [9.17, 15) is 10.2 Å². The molecule has 15 heavy (non-hydrogen) atoms. The fraction of sp³-hybridized carbons (Fsp3) is 0.538. The second-order valence-electron chi connectivity index (χ2n) is 4.31. The van der Waals surface area contributed by atoms with E-state index in [1.807, 2.05) is 39.0 Å². The molecule has 0 aromatic heterocycles. The Hall–Kier alpha value is -0.860. The van der Waals surface area contributed by atoms with Crippen LogP contribution in [0.4, 0.5) is 0 Å². The summed E-state index contributed by atoms with van der Waals surface area (Å²) in [6, 6.07) is 9.02. The van der Waals surface area contributed by atoms with Crippen LogP contribution in [0, 0.1) is 5.41 Å². The Morgan fingerprint density at radius 3 is 1.87 bits per heavy atom. The molecule has 0 spiro atoms. The Balaban J connectivity index is 3.12. The summed E-state index contributed by atoms with van der Waals surface area (Å²) >= 11 is 0. The first-order valence-corrected chi connectivity index (χ1v) is 5.48. The van der Waals surface area contributed by atoms with Gasteiger partial charge in [-0.15, -0.1) is 0 Å². The van der Waals surface area contributed by atoms with Crippen LogP contribution in [0.25, 0.3) is 0 Å². The molecule has 84 valence electrons. The van der Waals surface area contributed by atoms with Gasteiger partial charge in [-0.1, -0.05) is 51.1 Å². The third kappa shape index (κ3) is 2.06. The lowest BCUT2D eigenvalue weighted by atomic mass is 9.73. The van der Waals surface area contributed by atoms with Gasteiger partial charge in [-0.05, 0) is 12.8 Å². The van der Waals surface area contributed by atoms with Gasteiger partial charge in [-0.2, -0.15) is 0 Å². The first-order valence-electron chi connectivity index (χ1n) is 5.48. The molecule has 2 heteroatoms. The summed E-state index contributed by atoms with van der Waals surface area (Å²) in [5.74, 6) is -1.75. The third-order valence-corrected chi connectivity index (χ3v) is 3.58. The van der Waals surface area contributed by atoms with Gasteiger partial charge < -0.3 is 10.2 Å². The first kappa shape index (κ1) is 12.2. The first-order chi connectivity index (χ1) is 6.98. The van der Waals surface area contributed by atoms with Gasteiger partial charge in [-0.3, -0.25) is 0 Å². The van der Waals surface area contributed by atoms with Crippen molar-refractivity contribution in [2.24, 2.45) is 5.41 Å². The molecule has 0 heterocycles. The third-order valence-electron chi connectivity index (χ3n) is 3.58. The minimum Gasteiger partial charge on any atom is -0.361 e. The van der Waals surface area contributed by atoms with Crippen molar-refractivity contribution in [3.05, 3.63) is 35.9 Å². The maximum Gasteiger partial charge on any atom is 0.195 e. The zero-order chi connectivity index (χ0) is 11.5. The molecule has 2 nitrogen and oxygen atoms in total. The van der Waals surface area contributed by atoms with Gasteiger partial charge in [0.1, 0.15) is 0 Å². The number of benzene rings is 1. The van der Waals surface area contributed by atoms with Gasteiger partial charge in [-0.25, -0.2) is 0 Å². The molecule has 1 aromatic rings. The smallest absolute Gasteiger partial charge is 0.195 e. The molecule has 0 saturated carbocycles. The van der Waals surface area contributed by atoms with Gasteiger partial charge in [0.05, 0.1) is 0 Å². The number of hydrogen-bond acceptors (Lipinski definition) is 2. The molecule has 0 radical (unpaired) electrons. The Morgan fingerprint density at radius 2 is 1.47 bits per heavy atom. The fourth-order valence-electron chi connectivity index (χ4n) is 1.76. The van der Waals surface area contributed by atoms with Crippen molar-refractivity contribution in [1.29, 1.82) is 0 Å². The summed E-state index contributed by atoms with van der Waals surface area (Å²) in [6.45, 7) is 5.86. The lowest BCUT2D eigenvalue weighted by Gasteiger charge is -2.40. The van der Waals surface area contributed by atoms with Crippen molar-refractivity contribution < 1.29 is 10.2 Å². The molecule has 1 aromatic carbocycles. The number of rotatable bonds is 4. The van der Waals surface area contributed by atoms with Crippen molar-refractivity contribution in [2.75, 3.05) is 0 Å². The van der Waals surface area contributed by atoms with E-state index < -0.39 is 11.2 Å². The van der Waals surface area contributed by atoms with Crippen molar-refractivity contribution >= 4 is 0 Å². The zero-order valence-corrected chi connectivity index (χ0v) is 9.70. The highest BCUT2D eigenvalue weighted by Gasteiger charge is 2.44. The van der Waals surface area contributed by atoms with Crippen LogP contribution in [-0.2, 0) is 5.79 Å². The van der Waals surface area contributed by atoms with E-state index in [1.54, 1.807) is 12.1 Å². The molecular weight excluding hydrogens is 188 g/mol. The summed E-state index contributed by atoms with van der Waals surface area (Å²) in [5, 5.41) is 20.5. The molecule has 0 aliphatic rings. The van der Waals surface area contributed by atoms with Crippen LogP contribution >= 0.6 is 0 Å². The molecule has 1 rings (SSSR count). The summed E-state index contributed by atoms with van der Waals surface area (Å²) in [4.78, 5) is 0. The molecule has 0 aliphatic carbocycles. The maximum absolute atomic E-state index is 10.3. The van der Waals surface area contributed by atoms with Crippen molar-refractivity contribution in [2.45, 2.75) is 39.4 Å². The highest BCUT2D eigenvalue weighted by molar-refractivity contribution is 5.22. The van der Waals surface area contributed by atoms with Gasteiger partial charge in [0.2, 0.25) is 0 Å². The zero-order valence-electron chi connectivity index (χ0n) is 9.70. The normalized spacial score (nSPS) is 12.9.